The number of carbonyl (C=O) groups excluding carboxylic acids is 1. The van der Waals surface area contributed by atoms with Crippen molar-refractivity contribution in [3.63, 3.8) is 0 Å². The van der Waals surface area contributed by atoms with Gasteiger partial charge in [0.15, 0.2) is 5.16 Å². The second-order valence-corrected chi connectivity index (χ2v) is 8.53. The van der Waals surface area contributed by atoms with Crippen molar-refractivity contribution in [1.29, 1.82) is 0 Å². The van der Waals surface area contributed by atoms with E-state index >= 15 is 0 Å². The SMILES string of the molecule is CC1CCN(c2nnc(SCC(=O)NCC3CC3)n2C2CC2)CC1. The average molecular weight is 350 g/mol. The summed E-state index contributed by atoms with van der Waals surface area (Å²) in [5.41, 5.74) is 0. The van der Waals surface area contributed by atoms with Gasteiger partial charge >= 0.3 is 0 Å². The number of hydrogen-bond acceptors (Lipinski definition) is 5. The Hall–Kier alpha value is -1.24. The number of nitrogens with zero attached hydrogens (tertiary/aromatic N) is 4. The molecular formula is C17H27N5OS. The van der Waals surface area contributed by atoms with Gasteiger partial charge in [-0.1, -0.05) is 18.7 Å². The summed E-state index contributed by atoms with van der Waals surface area (Å²) in [5, 5.41) is 12.8. The van der Waals surface area contributed by atoms with E-state index in [9.17, 15) is 4.79 Å². The Balaban J connectivity index is 1.38. The minimum atomic E-state index is 0.116. The number of rotatable bonds is 7. The third-order valence-corrected chi connectivity index (χ3v) is 6.19. The van der Waals surface area contributed by atoms with Crippen LogP contribution in [-0.4, -0.2) is 46.1 Å². The highest BCUT2D eigenvalue weighted by Gasteiger charge is 2.32. The van der Waals surface area contributed by atoms with Gasteiger partial charge in [0.2, 0.25) is 11.9 Å². The van der Waals surface area contributed by atoms with Crippen LogP contribution < -0.4 is 10.2 Å². The van der Waals surface area contributed by atoms with Crippen molar-refractivity contribution in [3.8, 4) is 0 Å². The van der Waals surface area contributed by atoms with E-state index in [0.29, 0.717) is 11.8 Å². The number of hydrogen-bond donors (Lipinski definition) is 1. The molecule has 1 aromatic heterocycles. The van der Waals surface area contributed by atoms with Crippen LogP contribution in [-0.2, 0) is 4.79 Å². The molecule has 3 aliphatic rings. The largest absolute Gasteiger partial charge is 0.355 e. The van der Waals surface area contributed by atoms with Crippen LogP contribution in [0.2, 0.25) is 0 Å². The molecule has 24 heavy (non-hydrogen) atoms. The number of nitrogens with one attached hydrogen (secondary N) is 1. The Morgan fingerprint density at radius 1 is 1.17 bits per heavy atom. The van der Waals surface area contributed by atoms with Crippen LogP contribution in [0.25, 0.3) is 0 Å². The lowest BCUT2D eigenvalue weighted by Gasteiger charge is -2.31. The lowest BCUT2D eigenvalue weighted by Crippen LogP contribution is -2.34. The van der Waals surface area contributed by atoms with Gasteiger partial charge in [-0.25, -0.2) is 0 Å². The summed E-state index contributed by atoms with van der Waals surface area (Å²) in [6.07, 6.45) is 7.39. The molecule has 0 atom stereocenters. The normalized spacial score (nSPS) is 22.0. The summed E-state index contributed by atoms with van der Waals surface area (Å²) >= 11 is 1.53. The van der Waals surface area contributed by atoms with E-state index < -0.39 is 0 Å². The summed E-state index contributed by atoms with van der Waals surface area (Å²) in [7, 11) is 0. The number of anilines is 1. The van der Waals surface area contributed by atoms with E-state index in [1.165, 1.54) is 50.3 Å². The zero-order valence-electron chi connectivity index (χ0n) is 14.4. The van der Waals surface area contributed by atoms with Crippen LogP contribution >= 0.6 is 11.8 Å². The molecule has 0 aromatic carbocycles. The molecule has 0 unspecified atom stereocenters. The molecule has 7 heteroatoms. The molecule has 0 bridgehead atoms. The van der Waals surface area contributed by atoms with Crippen LogP contribution in [0, 0.1) is 11.8 Å². The van der Waals surface area contributed by atoms with Crippen molar-refractivity contribution in [1.82, 2.24) is 20.1 Å². The zero-order chi connectivity index (χ0) is 16.5. The van der Waals surface area contributed by atoms with E-state index in [0.717, 1.165) is 42.6 Å². The van der Waals surface area contributed by atoms with Gasteiger partial charge in [-0.2, -0.15) is 0 Å². The first-order valence-corrected chi connectivity index (χ1v) is 10.3. The van der Waals surface area contributed by atoms with E-state index in [1.807, 2.05) is 0 Å². The lowest BCUT2D eigenvalue weighted by molar-refractivity contribution is -0.118. The van der Waals surface area contributed by atoms with Crippen LogP contribution in [0.3, 0.4) is 0 Å². The van der Waals surface area contributed by atoms with Gasteiger partial charge in [0.1, 0.15) is 0 Å². The monoisotopic (exact) mass is 349 g/mol. The highest BCUT2D eigenvalue weighted by molar-refractivity contribution is 7.99. The molecule has 1 N–H and O–H groups in total. The Kier molecular flexibility index (Phi) is 4.70. The van der Waals surface area contributed by atoms with Gasteiger partial charge in [0.05, 0.1) is 5.75 Å². The maximum Gasteiger partial charge on any atom is 0.230 e. The minimum absolute atomic E-state index is 0.116. The average Bonchev–Trinajstić information content (AvgIpc) is 3.51. The van der Waals surface area contributed by atoms with Crippen molar-refractivity contribution < 1.29 is 4.79 Å². The first kappa shape index (κ1) is 16.2. The predicted octanol–water partition coefficient (Wildman–Crippen LogP) is 2.47. The first-order valence-electron chi connectivity index (χ1n) is 9.30. The number of thioether (sulfide) groups is 1. The fourth-order valence-corrected chi connectivity index (χ4v) is 4.04. The molecule has 0 radical (unpaired) electrons. The maximum atomic E-state index is 12.0. The number of piperidine rings is 1. The quantitative estimate of drug-likeness (QED) is 0.766. The summed E-state index contributed by atoms with van der Waals surface area (Å²) in [6, 6.07) is 0.534. The summed E-state index contributed by atoms with van der Waals surface area (Å²) < 4.78 is 2.29. The van der Waals surface area contributed by atoms with Gasteiger partial charge < -0.3 is 10.2 Å². The van der Waals surface area contributed by atoms with E-state index in [-0.39, 0.29) is 5.91 Å². The van der Waals surface area contributed by atoms with Gasteiger partial charge in [-0.15, -0.1) is 10.2 Å². The molecule has 1 saturated heterocycles. The van der Waals surface area contributed by atoms with Crippen LogP contribution in [0.1, 0.15) is 51.5 Å². The molecule has 0 spiro atoms. The molecule has 1 aromatic rings. The minimum Gasteiger partial charge on any atom is -0.355 e. The Morgan fingerprint density at radius 3 is 2.58 bits per heavy atom. The third kappa shape index (κ3) is 3.87. The molecule has 6 nitrogen and oxygen atoms in total. The van der Waals surface area contributed by atoms with Crippen molar-refractivity contribution in [3.05, 3.63) is 0 Å². The Morgan fingerprint density at radius 2 is 1.92 bits per heavy atom. The van der Waals surface area contributed by atoms with E-state index in [1.54, 1.807) is 0 Å². The second-order valence-electron chi connectivity index (χ2n) is 7.59. The standard InChI is InChI=1S/C17H27N5OS/c1-12-6-8-21(9-7-12)16-19-20-17(22(16)14-4-5-14)24-11-15(23)18-10-13-2-3-13/h12-14H,2-11H2,1H3,(H,18,23). The van der Waals surface area contributed by atoms with Crippen LogP contribution in [0.5, 0.6) is 0 Å². The van der Waals surface area contributed by atoms with Crippen LogP contribution in [0.15, 0.2) is 5.16 Å². The smallest absolute Gasteiger partial charge is 0.230 e. The summed E-state index contributed by atoms with van der Waals surface area (Å²) in [5.74, 6) is 3.11. The van der Waals surface area contributed by atoms with Gasteiger partial charge in [0.25, 0.3) is 0 Å². The molecule has 1 amide bonds. The highest BCUT2D eigenvalue weighted by atomic mass is 32.2. The maximum absolute atomic E-state index is 12.0. The van der Waals surface area contributed by atoms with E-state index in [4.69, 9.17) is 0 Å². The van der Waals surface area contributed by atoms with Gasteiger partial charge in [-0.05, 0) is 50.4 Å². The molecule has 2 heterocycles. The summed E-state index contributed by atoms with van der Waals surface area (Å²) in [6.45, 7) is 5.30. The number of amides is 1. The van der Waals surface area contributed by atoms with Crippen molar-refractivity contribution >= 4 is 23.6 Å². The van der Waals surface area contributed by atoms with Gasteiger partial charge in [0, 0.05) is 25.7 Å². The first-order chi connectivity index (χ1) is 11.7. The second kappa shape index (κ2) is 6.94. The summed E-state index contributed by atoms with van der Waals surface area (Å²) in [4.78, 5) is 14.4. The number of carbonyl (C=O) groups is 1. The molecule has 3 fully saturated rings. The molecular weight excluding hydrogens is 322 g/mol. The third-order valence-electron chi connectivity index (χ3n) is 5.24. The Bertz CT molecular complexity index is 588. The molecule has 2 saturated carbocycles. The topological polar surface area (TPSA) is 63.1 Å². The van der Waals surface area contributed by atoms with Crippen molar-refractivity contribution in [2.45, 2.75) is 56.6 Å². The molecule has 132 valence electrons. The molecule has 2 aliphatic carbocycles. The Labute approximate surface area is 147 Å². The van der Waals surface area contributed by atoms with Crippen molar-refractivity contribution in [2.24, 2.45) is 11.8 Å². The zero-order valence-corrected chi connectivity index (χ0v) is 15.2. The lowest BCUT2D eigenvalue weighted by atomic mass is 10.00. The highest BCUT2D eigenvalue weighted by Crippen LogP contribution is 2.41. The van der Waals surface area contributed by atoms with E-state index in [2.05, 4.69) is 31.9 Å². The fraction of sp³-hybridized carbons (Fsp3) is 0.824. The number of aromatic nitrogens is 3. The predicted molar refractivity (Wildman–Crippen MR) is 95.4 cm³/mol. The van der Waals surface area contributed by atoms with Crippen LogP contribution in [0.4, 0.5) is 5.95 Å². The molecule has 1 aliphatic heterocycles. The molecule has 4 rings (SSSR count). The fourth-order valence-electron chi connectivity index (χ4n) is 3.21. The van der Waals surface area contributed by atoms with Gasteiger partial charge in [-0.3, -0.25) is 9.36 Å². The van der Waals surface area contributed by atoms with Crippen molar-refractivity contribution in [2.75, 3.05) is 30.3 Å².